The maximum Gasteiger partial charge on any atom is 0.410 e. The Morgan fingerprint density at radius 2 is 1.83 bits per heavy atom. The second-order valence-electron chi connectivity index (χ2n) is 8.10. The zero-order valence-electron chi connectivity index (χ0n) is 16.9. The Morgan fingerprint density at radius 1 is 1.10 bits per heavy atom. The molecule has 8 heteroatoms. The second-order valence-corrected chi connectivity index (χ2v) is 8.10. The van der Waals surface area contributed by atoms with E-state index in [1.54, 1.807) is 20.8 Å². The SMILES string of the molecule is CC(C)(C)OC(=O)N1CC[C@H](Oc2cc(C(=O)O)ccc2-c2ccc(F)c(F)c2)C1. The van der Waals surface area contributed by atoms with Crippen LogP contribution in [0.15, 0.2) is 36.4 Å². The van der Waals surface area contributed by atoms with E-state index in [1.165, 1.54) is 29.2 Å². The molecule has 0 spiro atoms. The Labute approximate surface area is 173 Å². The summed E-state index contributed by atoms with van der Waals surface area (Å²) in [6.07, 6.45) is -0.326. The number of hydrogen-bond acceptors (Lipinski definition) is 4. The van der Waals surface area contributed by atoms with Crippen molar-refractivity contribution in [3.05, 3.63) is 53.6 Å². The van der Waals surface area contributed by atoms with Crippen molar-refractivity contribution in [3.8, 4) is 16.9 Å². The predicted octanol–water partition coefficient (Wildman–Crippen LogP) is 4.72. The van der Waals surface area contributed by atoms with E-state index in [1.807, 2.05) is 0 Å². The summed E-state index contributed by atoms with van der Waals surface area (Å²) in [6, 6.07) is 7.62. The maximum atomic E-state index is 13.7. The van der Waals surface area contributed by atoms with E-state index < -0.39 is 35.4 Å². The molecule has 1 heterocycles. The van der Waals surface area contributed by atoms with E-state index in [4.69, 9.17) is 9.47 Å². The van der Waals surface area contributed by atoms with Gasteiger partial charge in [0.25, 0.3) is 0 Å². The molecule has 0 unspecified atom stereocenters. The second kappa shape index (κ2) is 8.30. The third-order valence-corrected chi connectivity index (χ3v) is 4.55. The van der Waals surface area contributed by atoms with E-state index >= 15 is 0 Å². The lowest BCUT2D eigenvalue weighted by Gasteiger charge is -2.24. The summed E-state index contributed by atoms with van der Waals surface area (Å²) < 4.78 is 38.4. The lowest BCUT2D eigenvalue weighted by Crippen LogP contribution is -2.36. The van der Waals surface area contributed by atoms with Crippen LogP contribution in [0.2, 0.25) is 0 Å². The fraction of sp³-hybridized carbons (Fsp3) is 0.364. The van der Waals surface area contributed by atoms with Gasteiger partial charge >= 0.3 is 12.1 Å². The Morgan fingerprint density at radius 3 is 2.47 bits per heavy atom. The molecule has 0 radical (unpaired) electrons. The highest BCUT2D eigenvalue weighted by Crippen LogP contribution is 2.34. The summed E-state index contributed by atoms with van der Waals surface area (Å²) in [4.78, 5) is 25.2. The van der Waals surface area contributed by atoms with Gasteiger partial charge in [-0.2, -0.15) is 0 Å². The number of carbonyl (C=O) groups is 2. The molecular formula is C22H23F2NO5. The number of aromatic carboxylic acids is 1. The summed E-state index contributed by atoms with van der Waals surface area (Å²) in [5.41, 5.74) is 0.154. The zero-order chi connectivity index (χ0) is 22.1. The van der Waals surface area contributed by atoms with Crippen LogP contribution in [0.3, 0.4) is 0 Å². The topological polar surface area (TPSA) is 76.1 Å². The lowest BCUT2D eigenvalue weighted by atomic mass is 10.0. The minimum absolute atomic E-state index is 0.00155. The van der Waals surface area contributed by atoms with Gasteiger partial charge in [-0.05, 0) is 56.7 Å². The number of halogens is 2. The molecule has 1 atom stereocenters. The fourth-order valence-electron chi connectivity index (χ4n) is 3.15. The first-order valence-corrected chi connectivity index (χ1v) is 9.51. The molecule has 1 saturated heterocycles. The summed E-state index contributed by atoms with van der Waals surface area (Å²) >= 11 is 0. The van der Waals surface area contributed by atoms with Crippen LogP contribution in [0.4, 0.5) is 13.6 Å². The molecule has 0 bridgehead atoms. The summed E-state index contributed by atoms with van der Waals surface area (Å²) in [5.74, 6) is -2.92. The number of ether oxygens (including phenoxy) is 2. The van der Waals surface area contributed by atoms with Gasteiger partial charge in [-0.15, -0.1) is 0 Å². The largest absolute Gasteiger partial charge is 0.488 e. The first-order valence-electron chi connectivity index (χ1n) is 9.51. The molecule has 30 heavy (non-hydrogen) atoms. The zero-order valence-corrected chi connectivity index (χ0v) is 16.9. The van der Waals surface area contributed by atoms with Gasteiger partial charge in [-0.1, -0.05) is 6.07 Å². The monoisotopic (exact) mass is 419 g/mol. The molecule has 1 N–H and O–H groups in total. The molecule has 2 aromatic carbocycles. The molecule has 1 fully saturated rings. The molecule has 0 saturated carbocycles. The number of nitrogens with zero attached hydrogens (tertiary/aromatic N) is 1. The number of rotatable bonds is 4. The van der Waals surface area contributed by atoms with E-state index in [0.717, 1.165) is 12.1 Å². The van der Waals surface area contributed by atoms with Crippen molar-refractivity contribution in [1.82, 2.24) is 4.90 Å². The highest BCUT2D eigenvalue weighted by Gasteiger charge is 2.31. The number of hydrogen-bond donors (Lipinski definition) is 1. The third kappa shape index (κ3) is 5.06. The van der Waals surface area contributed by atoms with Crippen LogP contribution in [-0.4, -0.2) is 46.9 Å². The summed E-state index contributed by atoms with van der Waals surface area (Å²) in [5, 5.41) is 9.30. The fourth-order valence-corrected chi connectivity index (χ4v) is 3.15. The van der Waals surface area contributed by atoms with Gasteiger partial charge in [0.15, 0.2) is 11.6 Å². The van der Waals surface area contributed by atoms with Crippen LogP contribution >= 0.6 is 0 Å². The number of carbonyl (C=O) groups excluding carboxylic acids is 1. The Balaban J connectivity index is 1.84. The molecule has 0 aromatic heterocycles. The van der Waals surface area contributed by atoms with Crippen LogP contribution in [0.1, 0.15) is 37.6 Å². The molecule has 1 amide bonds. The number of benzene rings is 2. The highest BCUT2D eigenvalue weighted by molar-refractivity contribution is 5.89. The van der Waals surface area contributed by atoms with Crippen molar-refractivity contribution in [2.24, 2.45) is 0 Å². The Kier molecular flexibility index (Phi) is 5.96. The van der Waals surface area contributed by atoms with Crippen molar-refractivity contribution in [2.75, 3.05) is 13.1 Å². The van der Waals surface area contributed by atoms with Crippen molar-refractivity contribution >= 4 is 12.1 Å². The van der Waals surface area contributed by atoms with Crippen molar-refractivity contribution in [2.45, 2.75) is 38.9 Å². The van der Waals surface area contributed by atoms with Crippen LogP contribution in [0, 0.1) is 11.6 Å². The van der Waals surface area contributed by atoms with Crippen molar-refractivity contribution in [1.29, 1.82) is 0 Å². The number of carboxylic acid groups (broad SMARTS) is 1. The van der Waals surface area contributed by atoms with Gasteiger partial charge in [-0.3, -0.25) is 0 Å². The quantitative estimate of drug-likeness (QED) is 0.776. The normalized spacial score (nSPS) is 16.4. The number of likely N-dealkylation sites (tertiary alicyclic amines) is 1. The van der Waals surface area contributed by atoms with Crippen LogP contribution < -0.4 is 4.74 Å². The van der Waals surface area contributed by atoms with Gasteiger partial charge in [0.05, 0.1) is 12.1 Å². The predicted molar refractivity (Wildman–Crippen MR) is 106 cm³/mol. The van der Waals surface area contributed by atoms with Crippen LogP contribution in [-0.2, 0) is 4.74 Å². The molecular weight excluding hydrogens is 396 g/mol. The maximum absolute atomic E-state index is 13.7. The van der Waals surface area contributed by atoms with Gasteiger partial charge in [0.1, 0.15) is 17.5 Å². The molecule has 2 aromatic rings. The Hall–Kier alpha value is -3.16. The van der Waals surface area contributed by atoms with Crippen molar-refractivity contribution < 1.29 is 33.0 Å². The highest BCUT2D eigenvalue weighted by atomic mass is 19.2. The number of amides is 1. The van der Waals surface area contributed by atoms with E-state index in [9.17, 15) is 23.5 Å². The van der Waals surface area contributed by atoms with Crippen molar-refractivity contribution in [3.63, 3.8) is 0 Å². The van der Waals surface area contributed by atoms with E-state index in [0.29, 0.717) is 24.1 Å². The Bertz CT molecular complexity index is 970. The average Bonchev–Trinajstić information content (AvgIpc) is 3.11. The summed E-state index contributed by atoms with van der Waals surface area (Å²) in [6.45, 7) is 6.03. The standard InChI is InChI=1S/C22H23F2NO5/c1-22(2,3)30-21(28)25-9-8-15(12-25)29-19-11-14(20(26)27)4-6-16(19)13-5-7-17(23)18(24)10-13/h4-7,10-11,15H,8-9,12H2,1-3H3,(H,26,27)/t15-/m0/s1. The average molecular weight is 419 g/mol. The third-order valence-electron chi connectivity index (χ3n) is 4.55. The van der Waals surface area contributed by atoms with Gasteiger partial charge in [-0.25, -0.2) is 18.4 Å². The molecule has 0 aliphatic carbocycles. The molecule has 6 nitrogen and oxygen atoms in total. The first kappa shape index (κ1) is 21.5. The first-order chi connectivity index (χ1) is 14.0. The minimum atomic E-state index is -1.14. The van der Waals surface area contributed by atoms with Gasteiger partial charge < -0.3 is 19.5 Å². The van der Waals surface area contributed by atoms with E-state index in [-0.39, 0.29) is 17.9 Å². The van der Waals surface area contributed by atoms with Gasteiger partial charge in [0.2, 0.25) is 0 Å². The lowest BCUT2D eigenvalue weighted by molar-refractivity contribution is 0.0275. The van der Waals surface area contributed by atoms with Crippen LogP contribution in [0.25, 0.3) is 11.1 Å². The summed E-state index contributed by atoms with van der Waals surface area (Å²) in [7, 11) is 0. The minimum Gasteiger partial charge on any atom is -0.488 e. The molecule has 1 aliphatic rings. The smallest absolute Gasteiger partial charge is 0.410 e. The van der Waals surface area contributed by atoms with Crippen LogP contribution in [0.5, 0.6) is 5.75 Å². The molecule has 3 rings (SSSR count). The van der Waals surface area contributed by atoms with Gasteiger partial charge in [0, 0.05) is 18.5 Å². The number of carboxylic acids is 1. The molecule has 160 valence electrons. The molecule has 1 aliphatic heterocycles. The van der Waals surface area contributed by atoms with E-state index in [2.05, 4.69) is 0 Å².